The van der Waals surface area contributed by atoms with E-state index in [4.69, 9.17) is 0 Å². The Kier molecular flexibility index (Phi) is 4.64. The number of aliphatic hydroxyl groups is 1. The molecule has 3 aromatic carbocycles. The van der Waals surface area contributed by atoms with Gasteiger partial charge < -0.3 is 10.4 Å². The van der Waals surface area contributed by atoms with Crippen LogP contribution in [0.3, 0.4) is 0 Å². The number of carbonyl (C=O) groups is 2. The number of carbonyl (C=O) groups excluding carboxylic acids is 2. The zero-order valence-electron chi connectivity index (χ0n) is 15.7. The number of nitrogens with zero attached hydrogens (tertiary/aromatic N) is 1. The van der Waals surface area contributed by atoms with E-state index in [1.807, 2.05) is 19.1 Å². The first kappa shape index (κ1) is 18.8. The molecule has 6 heteroatoms. The molecule has 5 nitrogen and oxygen atoms in total. The second-order valence-electron chi connectivity index (χ2n) is 7.01. The largest absolute Gasteiger partial charge is 0.372 e. The fourth-order valence-electron chi connectivity index (χ4n) is 3.56. The highest BCUT2D eigenvalue weighted by Crippen LogP contribution is 2.44. The molecule has 3 aromatic rings. The van der Waals surface area contributed by atoms with Crippen LogP contribution < -0.4 is 10.2 Å². The average Bonchev–Trinajstić information content (AvgIpc) is 2.93. The zero-order chi connectivity index (χ0) is 20.6. The van der Waals surface area contributed by atoms with Crippen molar-refractivity contribution in [2.24, 2.45) is 0 Å². The van der Waals surface area contributed by atoms with E-state index < -0.39 is 23.2 Å². The van der Waals surface area contributed by atoms with Crippen LogP contribution in [0.5, 0.6) is 0 Å². The highest BCUT2D eigenvalue weighted by molar-refractivity contribution is 6.12. The van der Waals surface area contributed by atoms with Crippen molar-refractivity contribution >= 4 is 23.2 Å². The molecule has 29 heavy (non-hydrogen) atoms. The van der Waals surface area contributed by atoms with Crippen LogP contribution in [0.25, 0.3) is 0 Å². The Bertz CT molecular complexity index is 1100. The van der Waals surface area contributed by atoms with Gasteiger partial charge in [-0.3, -0.25) is 14.5 Å². The van der Waals surface area contributed by atoms with Crippen molar-refractivity contribution in [2.75, 3.05) is 16.8 Å². The van der Waals surface area contributed by atoms with E-state index in [1.54, 1.807) is 42.5 Å². The maximum Gasteiger partial charge on any atom is 0.268 e. The van der Waals surface area contributed by atoms with Gasteiger partial charge >= 0.3 is 0 Å². The molecular formula is C23H19FN2O3. The number of halogens is 1. The van der Waals surface area contributed by atoms with Crippen LogP contribution in [0.4, 0.5) is 15.8 Å². The predicted molar refractivity (Wildman–Crippen MR) is 108 cm³/mol. The van der Waals surface area contributed by atoms with Crippen LogP contribution in [0.1, 0.15) is 16.7 Å². The van der Waals surface area contributed by atoms with Crippen LogP contribution in [0, 0.1) is 12.7 Å². The van der Waals surface area contributed by atoms with E-state index in [0.29, 0.717) is 16.8 Å². The minimum atomic E-state index is -1.89. The van der Waals surface area contributed by atoms with Gasteiger partial charge in [-0.15, -0.1) is 0 Å². The lowest BCUT2D eigenvalue weighted by molar-refractivity contribution is -0.133. The van der Waals surface area contributed by atoms with Crippen molar-refractivity contribution in [1.82, 2.24) is 0 Å². The molecule has 4 rings (SSSR count). The summed E-state index contributed by atoms with van der Waals surface area (Å²) in [5.41, 5.74) is 0.431. The van der Waals surface area contributed by atoms with Crippen molar-refractivity contribution in [3.05, 3.63) is 95.3 Å². The monoisotopic (exact) mass is 390 g/mol. The van der Waals surface area contributed by atoms with Gasteiger partial charge in [0.1, 0.15) is 12.4 Å². The third-order valence-electron chi connectivity index (χ3n) is 5.06. The summed E-state index contributed by atoms with van der Waals surface area (Å²) >= 11 is 0. The minimum absolute atomic E-state index is 0.0335. The molecule has 146 valence electrons. The molecule has 0 aliphatic carbocycles. The summed E-state index contributed by atoms with van der Waals surface area (Å²) in [6, 6.07) is 19.6. The first-order valence-corrected chi connectivity index (χ1v) is 9.16. The van der Waals surface area contributed by atoms with Gasteiger partial charge in [0.05, 0.1) is 11.4 Å². The Morgan fingerprint density at radius 2 is 1.69 bits per heavy atom. The van der Waals surface area contributed by atoms with Crippen molar-refractivity contribution in [3.63, 3.8) is 0 Å². The van der Waals surface area contributed by atoms with Gasteiger partial charge in [-0.1, -0.05) is 60.2 Å². The molecule has 1 aliphatic rings. The van der Waals surface area contributed by atoms with Gasteiger partial charge in [-0.05, 0) is 30.7 Å². The first-order chi connectivity index (χ1) is 13.9. The molecule has 0 radical (unpaired) electrons. The van der Waals surface area contributed by atoms with Crippen LogP contribution in [-0.4, -0.2) is 23.5 Å². The molecule has 0 saturated carbocycles. The molecular weight excluding hydrogens is 371 g/mol. The molecule has 2 amide bonds. The number of nitrogens with one attached hydrogen (secondary N) is 1. The number of aryl methyl sites for hydroxylation is 1. The average molecular weight is 390 g/mol. The molecule has 1 atom stereocenters. The van der Waals surface area contributed by atoms with Gasteiger partial charge in [0.15, 0.2) is 5.60 Å². The molecule has 1 heterocycles. The third kappa shape index (κ3) is 3.17. The van der Waals surface area contributed by atoms with E-state index >= 15 is 0 Å². The zero-order valence-corrected chi connectivity index (χ0v) is 15.7. The number of hydrogen-bond donors (Lipinski definition) is 2. The molecule has 0 aromatic heterocycles. The summed E-state index contributed by atoms with van der Waals surface area (Å²) < 4.78 is 13.8. The van der Waals surface area contributed by atoms with E-state index in [-0.39, 0.29) is 12.2 Å². The lowest BCUT2D eigenvalue weighted by Gasteiger charge is -2.23. The molecule has 0 bridgehead atoms. The summed E-state index contributed by atoms with van der Waals surface area (Å²) in [4.78, 5) is 27.0. The second kappa shape index (κ2) is 7.14. The first-order valence-electron chi connectivity index (χ1n) is 9.16. The van der Waals surface area contributed by atoms with Crippen LogP contribution in [0.2, 0.25) is 0 Å². The molecule has 0 saturated heterocycles. The summed E-state index contributed by atoms with van der Waals surface area (Å²) in [5.74, 6) is -1.75. The Hall–Kier alpha value is -3.51. The lowest BCUT2D eigenvalue weighted by atomic mass is 9.87. The van der Waals surface area contributed by atoms with E-state index in [0.717, 1.165) is 5.56 Å². The highest BCUT2D eigenvalue weighted by Gasteiger charge is 2.51. The summed E-state index contributed by atoms with van der Waals surface area (Å²) in [6.07, 6.45) is 0. The smallest absolute Gasteiger partial charge is 0.268 e. The predicted octanol–water partition coefficient (Wildman–Crippen LogP) is 3.36. The summed E-state index contributed by atoms with van der Waals surface area (Å²) in [5, 5.41) is 13.9. The standard InChI is InChI=1S/C23H19FN2O3/c1-15-10-12-16(13-11-15)23(29)17-6-2-5-9-20(17)26(22(23)28)14-21(27)25-19-8-4-3-7-18(19)24/h2-13,29H,14H2,1H3,(H,25,27)/t23-/m0/s1. The Balaban J connectivity index is 1.67. The number of rotatable bonds is 4. The van der Waals surface area contributed by atoms with Crippen LogP contribution in [0.15, 0.2) is 72.8 Å². The molecule has 1 aliphatic heterocycles. The molecule has 2 N–H and O–H groups in total. The Labute approximate surface area is 167 Å². The minimum Gasteiger partial charge on any atom is -0.372 e. The number of hydrogen-bond acceptors (Lipinski definition) is 3. The topological polar surface area (TPSA) is 69.6 Å². The fraction of sp³-hybridized carbons (Fsp3) is 0.130. The molecule has 0 fully saturated rings. The fourth-order valence-corrected chi connectivity index (χ4v) is 3.56. The third-order valence-corrected chi connectivity index (χ3v) is 5.06. The quantitative estimate of drug-likeness (QED) is 0.718. The van der Waals surface area contributed by atoms with Gasteiger partial charge in [0, 0.05) is 5.56 Å². The van der Waals surface area contributed by atoms with Gasteiger partial charge in [0.2, 0.25) is 5.91 Å². The molecule has 0 unspecified atom stereocenters. The van der Waals surface area contributed by atoms with Gasteiger partial charge in [-0.25, -0.2) is 4.39 Å². The van der Waals surface area contributed by atoms with Gasteiger partial charge in [0.25, 0.3) is 5.91 Å². The van der Waals surface area contributed by atoms with Gasteiger partial charge in [-0.2, -0.15) is 0 Å². The number of fused-ring (bicyclic) bond motifs is 1. The number of amides is 2. The maximum atomic E-state index is 13.8. The lowest BCUT2D eigenvalue weighted by Crippen LogP contribution is -2.44. The summed E-state index contributed by atoms with van der Waals surface area (Å²) in [6.45, 7) is 1.57. The highest BCUT2D eigenvalue weighted by atomic mass is 19.1. The number of para-hydroxylation sites is 2. The van der Waals surface area contributed by atoms with Crippen molar-refractivity contribution in [1.29, 1.82) is 0 Å². The molecule has 0 spiro atoms. The number of benzene rings is 3. The normalized spacial score (nSPS) is 17.9. The van der Waals surface area contributed by atoms with Crippen LogP contribution >= 0.6 is 0 Å². The SMILES string of the molecule is Cc1ccc([C@@]2(O)C(=O)N(CC(=O)Nc3ccccc3F)c3ccccc32)cc1. The van der Waals surface area contributed by atoms with Crippen molar-refractivity contribution in [2.45, 2.75) is 12.5 Å². The summed E-state index contributed by atoms with van der Waals surface area (Å²) in [7, 11) is 0. The number of anilines is 2. The Morgan fingerprint density at radius 1 is 1.03 bits per heavy atom. The van der Waals surface area contributed by atoms with E-state index in [9.17, 15) is 19.1 Å². The van der Waals surface area contributed by atoms with Crippen molar-refractivity contribution in [3.8, 4) is 0 Å². The maximum absolute atomic E-state index is 13.8. The Morgan fingerprint density at radius 3 is 2.41 bits per heavy atom. The van der Waals surface area contributed by atoms with E-state index in [2.05, 4.69) is 5.32 Å². The van der Waals surface area contributed by atoms with Crippen LogP contribution in [-0.2, 0) is 15.2 Å². The van der Waals surface area contributed by atoms with Crippen molar-refractivity contribution < 1.29 is 19.1 Å². The van der Waals surface area contributed by atoms with E-state index in [1.165, 1.54) is 23.1 Å². The second-order valence-corrected chi connectivity index (χ2v) is 7.01.